The molecule has 0 saturated heterocycles. The Labute approximate surface area is 90.8 Å². The van der Waals surface area contributed by atoms with Crippen molar-refractivity contribution in [2.75, 3.05) is 0 Å². The summed E-state index contributed by atoms with van der Waals surface area (Å²) in [6, 6.07) is 14.2. The van der Waals surface area contributed by atoms with Gasteiger partial charge in [0, 0.05) is 6.42 Å². The first-order valence-corrected chi connectivity index (χ1v) is 5.07. The second-order valence-electron chi connectivity index (χ2n) is 3.82. The molecule has 2 heteroatoms. The van der Waals surface area contributed by atoms with Gasteiger partial charge in [-0.1, -0.05) is 30.3 Å². The van der Waals surface area contributed by atoms with E-state index in [0.717, 1.165) is 18.4 Å². The normalized spacial score (nSPS) is 13.5. The Morgan fingerprint density at radius 2 is 1.87 bits per heavy atom. The van der Waals surface area contributed by atoms with E-state index in [1.807, 2.05) is 37.3 Å². The Kier molecular flexibility index (Phi) is 3.89. The summed E-state index contributed by atoms with van der Waals surface area (Å²) in [4.78, 5) is 0. The molecule has 0 radical (unpaired) electrons. The van der Waals surface area contributed by atoms with Gasteiger partial charge >= 0.3 is 0 Å². The number of hydrogen-bond acceptors (Lipinski definition) is 2. The van der Waals surface area contributed by atoms with Crippen LogP contribution in [0.4, 0.5) is 0 Å². The molecule has 0 aromatic heterocycles. The van der Waals surface area contributed by atoms with Crippen molar-refractivity contribution >= 4 is 0 Å². The Balaban J connectivity index is 2.79. The maximum absolute atomic E-state index is 9.21. The van der Waals surface area contributed by atoms with E-state index < -0.39 is 5.41 Å². The summed E-state index contributed by atoms with van der Waals surface area (Å²) in [6.45, 7) is 1.93. The molecule has 1 aromatic rings. The third-order valence-corrected chi connectivity index (χ3v) is 2.62. The minimum absolute atomic E-state index is 0.460. The van der Waals surface area contributed by atoms with E-state index in [4.69, 9.17) is 5.26 Å². The Morgan fingerprint density at radius 1 is 1.20 bits per heavy atom. The van der Waals surface area contributed by atoms with Crippen molar-refractivity contribution in [3.8, 4) is 12.1 Å². The van der Waals surface area contributed by atoms with Crippen LogP contribution in [0.25, 0.3) is 0 Å². The average molecular weight is 198 g/mol. The molecule has 0 amide bonds. The summed E-state index contributed by atoms with van der Waals surface area (Å²) >= 11 is 0. The quantitative estimate of drug-likeness (QED) is 0.697. The SMILES string of the molecule is CC(C#N)(CCCC#N)c1ccccc1. The van der Waals surface area contributed by atoms with Gasteiger partial charge in [-0.05, 0) is 25.3 Å². The van der Waals surface area contributed by atoms with Crippen molar-refractivity contribution in [3.63, 3.8) is 0 Å². The summed E-state index contributed by atoms with van der Waals surface area (Å²) < 4.78 is 0. The molecule has 0 aliphatic carbocycles. The van der Waals surface area contributed by atoms with E-state index in [-0.39, 0.29) is 0 Å². The highest BCUT2D eigenvalue weighted by Crippen LogP contribution is 2.28. The summed E-state index contributed by atoms with van der Waals surface area (Å²) in [5.74, 6) is 0. The fourth-order valence-corrected chi connectivity index (χ4v) is 1.59. The van der Waals surface area contributed by atoms with Crippen LogP contribution in [-0.2, 0) is 5.41 Å². The van der Waals surface area contributed by atoms with Gasteiger partial charge < -0.3 is 0 Å². The van der Waals surface area contributed by atoms with E-state index >= 15 is 0 Å². The van der Waals surface area contributed by atoms with Crippen LogP contribution in [0.2, 0.25) is 0 Å². The minimum Gasteiger partial charge on any atom is -0.198 e. The van der Waals surface area contributed by atoms with Crippen LogP contribution in [0.5, 0.6) is 0 Å². The molecule has 0 N–H and O–H groups in total. The molecule has 0 heterocycles. The van der Waals surface area contributed by atoms with Gasteiger partial charge in [0.05, 0.1) is 17.6 Å². The molecule has 1 atom stereocenters. The summed E-state index contributed by atoms with van der Waals surface area (Å²) in [7, 11) is 0. The third kappa shape index (κ3) is 2.82. The molecule has 1 aromatic carbocycles. The maximum atomic E-state index is 9.21. The van der Waals surface area contributed by atoms with Crippen LogP contribution >= 0.6 is 0 Å². The van der Waals surface area contributed by atoms with E-state index in [9.17, 15) is 5.26 Å². The van der Waals surface area contributed by atoms with Gasteiger partial charge in [-0.3, -0.25) is 0 Å². The number of hydrogen-bond donors (Lipinski definition) is 0. The smallest absolute Gasteiger partial charge is 0.0794 e. The first-order chi connectivity index (χ1) is 7.23. The monoisotopic (exact) mass is 198 g/mol. The zero-order valence-electron chi connectivity index (χ0n) is 8.90. The van der Waals surface area contributed by atoms with Gasteiger partial charge in [-0.15, -0.1) is 0 Å². The fraction of sp³-hybridized carbons (Fsp3) is 0.385. The lowest BCUT2D eigenvalue weighted by Gasteiger charge is -2.21. The van der Waals surface area contributed by atoms with Crippen molar-refractivity contribution < 1.29 is 0 Å². The van der Waals surface area contributed by atoms with Crippen LogP contribution < -0.4 is 0 Å². The zero-order chi connectivity index (χ0) is 11.1. The molecule has 0 aliphatic rings. The number of unbranched alkanes of at least 4 members (excludes halogenated alkanes) is 1. The second-order valence-corrected chi connectivity index (χ2v) is 3.82. The number of benzene rings is 1. The summed E-state index contributed by atoms with van der Waals surface area (Å²) in [6.07, 6.45) is 2.03. The van der Waals surface area contributed by atoms with Gasteiger partial charge in [0.15, 0.2) is 0 Å². The van der Waals surface area contributed by atoms with E-state index in [2.05, 4.69) is 12.1 Å². The van der Waals surface area contributed by atoms with Gasteiger partial charge in [-0.25, -0.2) is 0 Å². The molecule has 0 spiro atoms. The largest absolute Gasteiger partial charge is 0.198 e. The first-order valence-electron chi connectivity index (χ1n) is 5.07. The van der Waals surface area contributed by atoms with Crippen molar-refractivity contribution in [2.45, 2.75) is 31.6 Å². The highest BCUT2D eigenvalue weighted by Gasteiger charge is 2.25. The van der Waals surface area contributed by atoms with Crippen molar-refractivity contribution in [2.24, 2.45) is 0 Å². The highest BCUT2D eigenvalue weighted by molar-refractivity contribution is 5.30. The molecule has 2 nitrogen and oxygen atoms in total. The molecular weight excluding hydrogens is 184 g/mol. The van der Waals surface area contributed by atoms with Gasteiger partial charge in [0.1, 0.15) is 0 Å². The topological polar surface area (TPSA) is 47.6 Å². The van der Waals surface area contributed by atoms with Crippen LogP contribution in [0.15, 0.2) is 30.3 Å². The average Bonchev–Trinajstić information content (AvgIpc) is 2.30. The molecule has 0 saturated carbocycles. The first kappa shape index (κ1) is 11.3. The van der Waals surface area contributed by atoms with Crippen LogP contribution in [0, 0.1) is 22.7 Å². The predicted octanol–water partition coefficient (Wildman–Crippen LogP) is 3.16. The summed E-state index contributed by atoms with van der Waals surface area (Å²) in [5, 5.41) is 17.7. The lowest BCUT2D eigenvalue weighted by Crippen LogP contribution is -2.19. The van der Waals surface area contributed by atoms with Crippen molar-refractivity contribution in [3.05, 3.63) is 35.9 Å². The van der Waals surface area contributed by atoms with Gasteiger partial charge in [0.25, 0.3) is 0 Å². The molecule has 0 bridgehead atoms. The summed E-state index contributed by atoms with van der Waals surface area (Å²) in [5.41, 5.74) is 0.573. The molecule has 0 fully saturated rings. The second kappa shape index (κ2) is 5.17. The molecule has 15 heavy (non-hydrogen) atoms. The lowest BCUT2D eigenvalue weighted by atomic mass is 9.80. The number of nitriles is 2. The van der Waals surface area contributed by atoms with Crippen molar-refractivity contribution in [1.82, 2.24) is 0 Å². The molecule has 0 aliphatic heterocycles. The molecule has 1 unspecified atom stereocenters. The zero-order valence-corrected chi connectivity index (χ0v) is 8.90. The van der Waals surface area contributed by atoms with Crippen LogP contribution in [0.3, 0.4) is 0 Å². The Bertz CT molecular complexity index is 383. The van der Waals surface area contributed by atoms with E-state index in [0.29, 0.717) is 6.42 Å². The number of nitrogens with zero attached hydrogens (tertiary/aromatic N) is 2. The van der Waals surface area contributed by atoms with Crippen LogP contribution in [-0.4, -0.2) is 0 Å². The Morgan fingerprint density at radius 3 is 2.40 bits per heavy atom. The molecule has 76 valence electrons. The number of rotatable bonds is 4. The maximum Gasteiger partial charge on any atom is 0.0794 e. The highest BCUT2D eigenvalue weighted by atomic mass is 14.4. The van der Waals surface area contributed by atoms with Crippen LogP contribution in [0.1, 0.15) is 31.7 Å². The van der Waals surface area contributed by atoms with E-state index in [1.165, 1.54) is 0 Å². The standard InChI is InChI=1S/C13H14N2/c1-13(11-15,9-5-6-10-14)12-7-3-2-4-8-12/h2-4,7-8H,5-6,9H2,1H3. The van der Waals surface area contributed by atoms with Gasteiger partial charge in [0.2, 0.25) is 0 Å². The lowest BCUT2D eigenvalue weighted by molar-refractivity contribution is 0.532. The predicted molar refractivity (Wildman–Crippen MR) is 58.9 cm³/mol. The Hall–Kier alpha value is -1.80. The third-order valence-electron chi connectivity index (χ3n) is 2.62. The van der Waals surface area contributed by atoms with E-state index in [1.54, 1.807) is 0 Å². The van der Waals surface area contributed by atoms with Crippen molar-refractivity contribution in [1.29, 1.82) is 10.5 Å². The fourth-order valence-electron chi connectivity index (χ4n) is 1.59. The minimum atomic E-state index is -0.460. The molecular formula is C13H14N2. The van der Waals surface area contributed by atoms with Gasteiger partial charge in [-0.2, -0.15) is 10.5 Å². The molecule has 1 rings (SSSR count).